The summed E-state index contributed by atoms with van der Waals surface area (Å²) in [5, 5.41) is 3.90. The Morgan fingerprint density at radius 2 is 1.90 bits per heavy atom. The van der Waals surface area contributed by atoms with Crippen LogP contribution in [-0.2, 0) is 0 Å². The number of nitrogens with zero attached hydrogens (tertiary/aromatic N) is 2. The van der Waals surface area contributed by atoms with Gasteiger partial charge >= 0.3 is 0 Å². The molecule has 0 spiro atoms. The molecule has 7 heteroatoms. The van der Waals surface area contributed by atoms with E-state index < -0.39 is 0 Å². The summed E-state index contributed by atoms with van der Waals surface area (Å²) in [7, 11) is 3.09. The van der Waals surface area contributed by atoms with Gasteiger partial charge in [-0.25, -0.2) is 0 Å². The van der Waals surface area contributed by atoms with Crippen molar-refractivity contribution in [1.29, 1.82) is 0 Å². The third kappa shape index (κ3) is 2.29. The highest BCUT2D eigenvalue weighted by Gasteiger charge is 2.17. The minimum Gasteiger partial charge on any atom is -0.493 e. The van der Waals surface area contributed by atoms with Gasteiger partial charge in [-0.3, -0.25) is 0 Å². The van der Waals surface area contributed by atoms with Crippen LogP contribution in [-0.4, -0.2) is 24.4 Å². The highest BCUT2D eigenvalue weighted by atomic mass is 16.5. The van der Waals surface area contributed by atoms with Crippen LogP contribution in [0.15, 0.2) is 39.7 Å². The van der Waals surface area contributed by atoms with E-state index in [1.54, 1.807) is 32.4 Å². The van der Waals surface area contributed by atoms with Gasteiger partial charge in [-0.1, -0.05) is 5.16 Å². The van der Waals surface area contributed by atoms with E-state index in [1.807, 2.05) is 0 Å². The van der Waals surface area contributed by atoms with Crippen LogP contribution in [0.2, 0.25) is 0 Å². The number of furan rings is 1. The summed E-state index contributed by atoms with van der Waals surface area (Å²) in [5.74, 6) is 1.79. The Labute approximate surface area is 120 Å². The summed E-state index contributed by atoms with van der Waals surface area (Å²) < 4.78 is 20.7. The number of hydrogen-bond donors (Lipinski definition) is 1. The summed E-state index contributed by atoms with van der Waals surface area (Å²) >= 11 is 0. The molecule has 2 aromatic heterocycles. The van der Waals surface area contributed by atoms with E-state index in [9.17, 15) is 0 Å². The molecule has 2 N–H and O–H groups in total. The van der Waals surface area contributed by atoms with Crippen LogP contribution in [0, 0.1) is 0 Å². The van der Waals surface area contributed by atoms with Gasteiger partial charge in [0.15, 0.2) is 11.5 Å². The van der Waals surface area contributed by atoms with E-state index in [0.717, 1.165) is 5.56 Å². The Hall–Kier alpha value is -2.96. The molecule has 0 amide bonds. The smallest absolute Gasteiger partial charge is 0.260 e. The zero-order valence-corrected chi connectivity index (χ0v) is 11.5. The lowest BCUT2D eigenvalue weighted by Gasteiger charge is -2.10. The van der Waals surface area contributed by atoms with Gasteiger partial charge in [0, 0.05) is 11.8 Å². The average Bonchev–Trinajstić information content (AvgIpc) is 3.17. The van der Waals surface area contributed by atoms with Gasteiger partial charge in [-0.15, -0.1) is 0 Å². The maximum atomic E-state index is 6.00. The second kappa shape index (κ2) is 5.20. The molecule has 0 aliphatic rings. The van der Waals surface area contributed by atoms with Crippen molar-refractivity contribution in [3.8, 4) is 34.3 Å². The molecular formula is C14H13N3O4. The van der Waals surface area contributed by atoms with E-state index in [-0.39, 0.29) is 0 Å². The molecule has 0 atom stereocenters. The van der Waals surface area contributed by atoms with Gasteiger partial charge in [-0.05, 0) is 12.1 Å². The molecule has 0 aliphatic carbocycles. The number of nitrogens with two attached hydrogens (primary N) is 1. The number of ether oxygens (including phenoxy) is 2. The summed E-state index contributed by atoms with van der Waals surface area (Å²) in [5.41, 5.74) is 7.76. The van der Waals surface area contributed by atoms with Gasteiger partial charge in [0.2, 0.25) is 5.82 Å². The van der Waals surface area contributed by atoms with Crippen LogP contribution >= 0.6 is 0 Å². The molecule has 0 bridgehead atoms. The van der Waals surface area contributed by atoms with E-state index in [1.165, 1.54) is 12.5 Å². The summed E-state index contributed by atoms with van der Waals surface area (Å²) in [6.07, 6.45) is 3.07. The number of benzene rings is 1. The van der Waals surface area contributed by atoms with E-state index >= 15 is 0 Å². The number of hydrogen-bond acceptors (Lipinski definition) is 7. The fourth-order valence-electron chi connectivity index (χ4n) is 1.92. The number of anilines is 1. The molecule has 3 rings (SSSR count). The Morgan fingerprint density at radius 3 is 2.57 bits per heavy atom. The highest BCUT2D eigenvalue weighted by molar-refractivity contribution is 5.75. The van der Waals surface area contributed by atoms with Crippen molar-refractivity contribution in [1.82, 2.24) is 10.1 Å². The van der Waals surface area contributed by atoms with Gasteiger partial charge < -0.3 is 24.1 Å². The van der Waals surface area contributed by atoms with Crippen molar-refractivity contribution in [3.63, 3.8) is 0 Å². The molecule has 108 valence electrons. The van der Waals surface area contributed by atoms with Crippen LogP contribution < -0.4 is 15.2 Å². The van der Waals surface area contributed by atoms with Gasteiger partial charge in [0.05, 0.1) is 31.6 Å². The number of nitrogen functional groups attached to an aromatic ring is 1. The average molecular weight is 287 g/mol. The second-order valence-electron chi connectivity index (χ2n) is 4.23. The third-order valence-electron chi connectivity index (χ3n) is 2.99. The number of rotatable bonds is 4. The SMILES string of the molecule is COc1cc(N)c(-c2nc(-c3ccoc3)no2)cc1OC. The molecule has 7 nitrogen and oxygen atoms in total. The van der Waals surface area contributed by atoms with Crippen LogP contribution in [0.25, 0.3) is 22.8 Å². The molecule has 0 radical (unpaired) electrons. The largest absolute Gasteiger partial charge is 0.493 e. The van der Waals surface area contributed by atoms with Crippen LogP contribution in [0.4, 0.5) is 5.69 Å². The Morgan fingerprint density at radius 1 is 1.14 bits per heavy atom. The minimum atomic E-state index is 0.296. The van der Waals surface area contributed by atoms with Crippen molar-refractivity contribution in [2.75, 3.05) is 20.0 Å². The molecule has 0 saturated heterocycles. The quantitative estimate of drug-likeness (QED) is 0.736. The predicted molar refractivity (Wildman–Crippen MR) is 75.0 cm³/mol. The fourth-order valence-corrected chi connectivity index (χ4v) is 1.92. The Bertz CT molecular complexity index is 750. The second-order valence-corrected chi connectivity index (χ2v) is 4.23. The number of aromatic nitrogens is 2. The first-order valence-electron chi connectivity index (χ1n) is 6.11. The Balaban J connectivity index is 2.04. The lowest BCUT2D eigenvalue weighted by atomic mass is 10.1. The predicted octanol–water partition coefficient (Wildman–Crippen LogP) is 2.60. The Kier molecular flexibility index (Phi) is 3.23. The molecule has 1 aromatic carbocycles. The monoisotopic (exact) mass is 287 g/mol. The lowest BCUT2D eigenvalue weighted by Crippen LogP contribution is -1.96. The molecule has 0 aliphatic heterocycles. The van der Waals surface area contributed by atoms with Crippen molar-refractivity contribution in [2.24, 2.45) is 0 Å². The van der Waals surface area contributed by atoms with Crippen LogP contribution in [0.5, 0.6) is 11.5 Å². The maximum absolute atomic E-state index is 6.00. The first kappa shape index (κ1) is 13.0. The van der Waals surface area contributed by atoms with Crippen molar-refractivity contribution in [3.05, 3.63) is 30.7 Å². The molecule has 0 saturated carbocycles. The molecular weight excluding hydrogens is 274 g/mol. The fraction of sp³-hybridized carbons (Fsp3) is 0.143. The van der Waals surface area contributed by atoms with E-state index in [0.29, 0.717) is 34.5 Å². The number of methoxy groups -OCH3 is 2. The first-order chi connectivity index (χ1) is 10.2. The van der Waals surface area contributed by atoms with Crippen molar-refractivity contribution in [2.45, 2.75) is 0 Å². The van der Waals surface area contributed by atoms with Gasteiger partial charge in [0.1, 0.15) is 6.26 Å². The summed E-state index contributed by atoms with van der Waals surface area (Å²) in [6.45, 7) is 0. The zero-order valence-electron chi connectivity index (χ0n) is 11.5. The molecule has 0 fully saturated rings. The lowest BCUT2D eigenvalue weighted by molar-refractivity contribution is 0.355. The topological polar surface area (TPSA) is 96.5 Å². The molecule has 21 heavy (non-hydrogen) atoms. The van der Waals surface area contributed by atoms with Crippen LogP contribution in [0.1, 0.15) is 0 Å². The molecule has 3 aromatic rings. The van der Waals surface area contributed by atoms with Crippen molar-refractivity contribution < 1.29 is 18.4 Å². The zero-order chi connectivity index (χ0) is 14.8. The molecule has 0 unspecified atom stereocenters. The molecule has 2 heterocycles. The highest BCUT2D eigenvalue weighted by Crippen LogP contribution is 2.37. The first-order valence-corrected chi connectivity index (χ1v) is 6.11. The third-order valence-corrected chi connectivity index (χ3v) is 2.99. The standard InChI is InChI=1S/C14H13N3O4/c1-18-11-5-9(10(15)6-12(11)19-2)14-16-13(17-21-14)8-3-4-20-7-8/h3-7H,15H2,1-2H3. The van der Waals surface area contributed by atoms with Crippen LogP contribution in [0.3, 0.4) is 0 Å². The summed E-state index contributed by atoms with van der Waals surface area (Å²) in [4.78, 5) is 4.30. The van der Waals surface area contributed by atoms with Crippen molar-refractivity contribution >= 4 is 5.69 Å². The van der Waals surface area contributed by atoms with E-state index in [2.05, 4.69) is 10.1 Å². The summed E-state index contributed by atoms with van der Waals surface area (Å²) in [6, 6.07) is 5.09. The van der Waals surface area contributed by atoms with Gasteiger partial charge in [0.25, 0.3) is 5.89 Å². The maximum Gasteiger partial charge on any atom is 0.260 e. The van der Waals surface area contributed by atoms with E-state index in [4.69, 9.17) is 24.1 Å². The minimum absolute atomic E-state index is 0.296. The van der Waals surface area contributed by atoms with Gasteiger partial charge in [-0.2, -0.15) is 4.98 Å². The normalized spacial score (nSPS) is 10.6.